The highest BCUT2D eigenvalue weighted by atomic mass is 35.5. The molecule has 0 spiro atoms. The average molecular weight is 238 g/mol. The number of carbonyl (C=O) groups is 1. The van der Waals surface area contributed by atoms with Crippen molar-refractivity contribution < 1.29 is 4.79 Å². The van der Waals surface area contributed by atoms with Crippen LogP contribution in [0.2, 0.25) is 5.02 Å². The molecule has 86 valence electrons. The van der Waals surface area contributed by atoms with Gasteiger partial charge in [0.2, 0.25) is 0 Å². The summed E-state index contributed by atoms with van der Waals surface area (Å²) in [5.74, 6) is 0.155. The van der Waals surface area contributed by atoms with Crippen molar-refractivity contribution >= 4 is 17.4 Å². The second-order valence-electron chi connectivity index (χ2n) is 4.61. The number of nitrogens with two attached hydrogens (primary N) is 1. The zero-order valence-electron chi connectivity index (χ0n) is 9.37. The molecule has 1 aromatic rings. The normalized spacial score (nSPS) is 30.4. The molecule has 16 heavy (non-hydrogen) atoms. The smallest absolute Gasteiger partial charge is 0.160 e. The molecule has 0 aliphatic heterocycles. The van der Waals surface area contributed by atoms with E-state index in [1.165, 1.54) is 0 Å². The third-order valence-corrected chi connectivity index (χ3v) is 3.78. The van der Waals surface area contributed by atoms with Gasteiger partial charge in [-0.3, -0.25) is 4.79 Å². The first kappa shape index (κ1) is 11.6. The van der Waals surface area contributed by atoms with Gasteiger partial charge < -0.3 is 5.73 Å². The van der Waals surface area contributed by atoms with Crippen molar-refractivity contribution in [1.82, 2.24) is 0 Å². The number of halogens is 1. The van der Waals surface area contributed by atoms with E-state index >= 15 is 0 Å². The second kappa shape index (κ2) is 4.19. The van der Waals surface area contributed by atoms with E-state index < -0.39 is 5.54 Å². The largest absolute Gasteiger partial charge is 0.315 e. The molecule has 2 atom stereocenters. The van der Waals surface area contributed by atoms with E-state index in [0.717, 1.165) is 18.4 Å². The monoisotopic (exact) mass is 237 g/mol. The van der Waals surface area contributed by atoms with Crippen LogP contribution in [0, 0.1) is 5.92 Å². The SMILES string of the molecule is CC1CCCC(N)(c2ccccc2Cl)C1=O. The van der Waals surface area contributed by atoms with Crippen LogP contribution in [-0.2, 0) is 10.3 Å². The summed E-state index contributed by atoms with van der Waals surface area (Å²) in [5.41, 5.74) is 6.17. The van der Waals surface area contributed by atoms with E-state index in [2.05, 4.69) is 0 Å². The number of carbonyl (C=O) groups excluding carboxylic acids is 1. The molecule has 0 amide bonds. The van der Waals surface area contributed by atoms with Gasteiger partial charge in [-0.05, 0) is 24.5 Å². The Kier molecular flexibility index (Phi) is 3.04. The van der Waals surface area contributed by atoms with E-state index in [9.17, 15) is 4.79 Å². The summed E-state index contributed by atoms with van der Waals surface area (Å²) in [6.07, 6.45) is 2.61. The lowest BCUT2D eigenvalue weighted by atomic mass is 9.72. The van der Waals surface area contributed by atoms with Crippen LogP contribution < -0.4 is 5.73 Å². The molecule has 2 rings (SSSR count). The first-order chi connectivity index (χ1) is 7.55. The zero-order valence-corrected chi connectivity index (χ0v) is 10.1. The molecule has 1 aromatic carbocycles. The van der Waals surface area contributed by atoms with Crippen molar-refractivity contribution in [2.75, 3.05) is 0 Å². The molecule has 2 unspecified atom stereocenters. The number of rotatable bonds is 1. The topological polar surface area (TPSA) is 43.1 Å². The summed E-state index contributed by atoms with van der Waals surface area (Å²) in [7, 11) is 0. The number of hydrogen-bond acceptors (Lipinski definition) is 2. The van der Waals surface area contributed by atoms with Crippen LogP contribution in [0.5, 0.6) is 0 Å². The van der Waals surface area contributed by atoms with Crippen LogP contribution in [0.15, 0.2) is 24.3 Å². The highest BCUT2D eigenvalue weighted by Gasteiger charge is 2.42. The van der Waals surface area contributed by atoms with Crippen molar-refractivity contribution in [2.24, 2.45) is 11.7 Å². The Labute approximate surface area is 101 Å². The minimum Gasteiger partial charge on any atom is -0.315 e. The van der Waals surface area contributed by atoms with Crippen LogP contribution >= 0.6 is 11.6 Å². The quantitative estimate of drug-likeness (QED) is 0.816. The number of ketones is 1. The summed E-state index contributed by atoms with van der Waals surface area (Å²) in [6, 6.07) is 7.38. The van der Waals surface area contributed by atoms with Gasteiger partial charge in [-0.25, -0.2) is 0 Å². The Morgan fingerprint density at radius 1 is 1.44 bits per heavy atom. The maximum absolute atomic E-state index is 12.2. The molecule has 2 nitrogen and oxygen atoms in total. The predicted molar refractivity (Wildman–Crippen MR) is 65.3 cm³/mol. The third-order valence-electron chi connectivity index (χ3n) is 3.45. The third kappa shape index (κ3) is 1.76. The van der Waals surface area contributed by atoms with Crippen molar-refractivity contribution in [3.05, 3.63) is 34.9 Å². The number of hydrogen-bond donors (Lipinski definition) is 1. The van der Waals surface area contributed by atoms with E-state index in [0.29, 0.717) is 11.4 Å². The lowest BCUT2D eigenvalue weighted by molar-refractivity contribution is -0.130. The van der Waals surface area contributed by atoms with Gasteiger partial charge in [-0.15, -0.1) is 0 Å². The Hall–Kier alpha value is -0.860. The van der Waals surface area contributed by atoms with Gasteiger partial charge in [0, 0.05) is 10.9 Å². The molecule has 0 heterocycles. The highest BCUT2D eigenvalue weighted by Crippen LogP contribution is 2.37. The van der Waals surface area contributed by atoms with E-state index in [-0.39, 0.29) is 11.7 Å². The molecule has 0 saturated heterocycles. The summed E-state index contributed by atoms with van der Waals surface area (Å²) in [5, 5.41) is 0.590. The minimum atomic E-state index is -0.879. The van der Waals surface area contributed by atoms with E-state index in [4.69, 9.17) is 17.3 Å². The number of Topliss-reactive ketones (excluding diaryl/α,β-unsaturated/α-hetero) is 1. The maximum Gasteiger partial charge on any atom is 0.160 e. The first-order valence-electron chi connectivity index (χ1n) is 5.64. The molecule has 1 aliphatic rings. The predicted octanol–water partition coefficient (Wildman–Crippen LogP) is 2.88. The molecule has 3 heteroatoms. The Morgan fingerprint density at radius 2 is 2.12 bits per heavy atom. The highest BCUT2D eigenvalue weighted by molar-refractivity contribution is 6.31. The standard InChI is InChI=1S/C13H16ClNO/c1-9-5-4-8-13(15,12(9)16)10-6-2-3-7-11(10)14/h2-3,6-7,9H,4-5,8,15H2,1H3. The van der Waals surface area contributed by atoms with Gasteiger partial charge in [0.15, 0.2) is 5.78 Å². The van der Waals surface area contributed by atoms with Gasteiger partial charge in [0.05, 0.1) is 0 Å². The molecule has 1 aliphatic carbocycles. The first-order valence-corrected chi connectivity index (χ1v) is 6.01. The van der Waals surface area contributed by atoms with Crippen molar-refractivity contribution in [2.45, 2.75) is 31.7 Å². The lowest BCUT2D eigenvalue weighted by Crippen LogP contribution is -2.50. The van der Waals surface area contributed by atoms with Crippen molar-refractivity contribution in [1.29, 1.82) is 0 Å². The van der Waals surface area contributed by atoms with Crippen molar-refractivity contribution in [3.8, 4) is 0 Å². The fraction of sp³-hybridized carbons (Fsp3) is 0.462. The van der Waals surface area contributed by atoms with Gasteiger partial charge in [0.25, 0.3) is 0 Å². The van der Waals surface area contributed by atoms with Crippen LogP contribution in [-0.4, -0.2) is 5.78 Å². The van der Waals surface area contributed by atoms with Crippen LogP contribution in [0.4, 0.5) is 0 Å². The molecular weight excluding hydrogens is 222 g/mol. The van der Waals surface area contributed by atoms with E-state index in [1.54, 1.807) is 6.07 Å². The fourth-order valence-corrected chi connectivity index (χ4v) is 2.78. The van der Waals surface area contributed by atoms with Gasteiger partial charge >= 0.3 is 0 Å². The minimum absolute atomic E-state index is 0.0371. The molecule has 0 aromatic heterocycles. The molecule has 1 saturated carbocycles. The molecule has 1 fully saturated rings. The summed E-state index contributed by atoms with van der Waals surface area (Å²) >= 11 is 6.13. The zero-order chi connectivity index (χ0) is 11.8. The molecular formula is C13H16ClNO. The Morgan fingerprint density at radius 3 is 2.81 bits per heavy atom. The second-order valence-corrected chi connectivity index (χ2v) is 5.02. The Bertz CT molecular complexity index is 418. The van der Waals surface area contributed by atoms with Gasteiger partial charge in [-0.1, -0.05) is 43.1 Å². The van der Waals surface area contributed by atoms with Crippen molar-refractivity contribution in [3.63, 3.8) is 0 Å². The molecule has 2 N–H and O–H groups in total. The van der Waals surface area contributed by atoms with Crippen LogP contribution in [0.25, 0.3) is 0 Å². The lowest BCUT2D eigenvalue weighted by Gasteiger charge is -2.36. The van der Waals surface area contributed by atoms with Gasteiger partial charge in [-0.2, -0.15) is 0 Å². The fourth-order valence-electron chi connectivity index (χ4n) is 2.47. The van der Waals surface area contributed by atoms with Crippen LogP contribution in [0.3, 0.4) is 0 Å². The molecule has 0 radical (unpaired) electrons. The molecule has 0 bridgehead atoms. The van der Waals surface area contributed by atoms with Gasteiger partial charge in [0.1, 0.15) is 5.54 Å². The average Bonchev–Trinajstić information content (AvgIpc) is 2.26. The summed E-state index contributed by atoms with van der Waals surface area (Å²) < 4.78 is 0. The Balaban J connectivity index is 2.45. The van der Waals surface area contributed by atoms with E-state index in [1.807, 2.05) is 25.1 Å². The summed E-state index contributed by atoms with van der Waals surface area (Å²) in [4.78, 5) is 12.2. The summed E-state index contributed by atoms with van der Waals surface area (Å²) in [6.45, 7) is 1.94. The number of benzene rings is 1. The van der Waals surface area contributed by atoms with Crippen LogP contribution in [0.1, 0.15) is 31.7 Å². The maximum atomic E-state index is 12.2.